The number of benzene rings is 2. The molecule has 0 heterocycles. The standard InChI is InChI=1S/C21H26N2O2/c1-3-4-5-9-15-19(17-12-7-6-8-13-17)22-23-21(25)18-14-10-11-16(2)20(18)24/h6-8,10-14,24H,3-5,9,15H2,1-2H3,(H,23,25). The highest BCUT2D eigenvalue weighted by Gasteiger charge is 2.12. The van der Waals surface area contributed by atoms with Crippen molar-refractivity contribution in [1.29, 1.82) is 0 Å². The molecule has 0 atom stereocenters. The summed E-state index contributed by atoms with van der Waals surface area (Å²) >= 11 is 0. The van der Waals surface area contributed by atoms with Gasteiger partial charge in [0.25, 0.3) is 5.91 Å². The first kappa shape index (κ1) is 18.7. The molecule has 0 unspecified atom stereocenters. The number of para-hydroxylation sites is 1. The molecule has 2 rings (SSSR count). The fraction of sp³-hybridized carbons (Fsp3) is 0.333. The molecule has 2 aromatic rings. The van der Waals surface area contributed by atoms with Crippen molar-refractivity contribution in [3.05, 3.63) is 65.2 Å². The van der Waals surface area contributed by atoms with Crippen LogP contribution in [0.4, 0.5) is 0 Å². The average molecular weight is 338 g/mol. The molecule has 25 heavy (non-hydrogen) atoms. The predicted octanol–water partition coefficient (Wildman–Crippen LogP) is 4.81. The zero-order chi connectivity index (χ0) is 18.1. The van der Waals surface area contributed by atoms with Gasteiger partial charge in [-0.15, -0.1) is 0 Å². The van der Waals surface area contributed by atoms with E-state index in [9.17, 15) is 9.90 Å². The largest absolute Gasteiger partial charge is 0.507 e. The topological polar surface area (TPSA) is 61.7 Å². The van der Waals surface area contributed by atoms with Gasteiger partial charge in [-0.2, -0.15) is 5.10 Å². The Kier molecular flexibility index (Phi) is 7.20. The summed E-state index contributed by atoms with van der Waals surface area (Å²) in [5.74, 6) is -0.400. The number of phenolic OH excluding ortho intramolecular Hbond substituents is 1. The van der Waals surface area contributed by atoms with Crippen LogP contribution < -0.4 is 5.43 Å². The third-order valence-corrected chi connectivity index (χ3v) is 4.15. The summed E-state index contributed by atoms with van der Waals surface area (Å²) < 4.78 is 0. The summed E-state index contributed by atoms with van der Waals surface area (Å²) in [5.41, 5.74) is 5.37. The van der Waals surface area contributed by atoms with Crippen LogP contribution in [-0.4, -0.2) is 16.7 Å². The predicted molar refractivity (Wildman–Crippen MR) is 102 cm³/mol. The van der Waals surface area contributed by atoms with Crippen LogP contribution in [0.2, 0.25) is 0 Å². The molecule has 2 N–H and O–H groups in total. The summed E-state index contributed by atoms with van der Waals surface area (Å²) in [6.45, 7) is 3.94. The number of unbranched alkanes of at least 4 members (excludes halogenated alkanes) is 3. The van der Waals surface area contributed by atoms with Crippen LogP contribution in [0.3, 0.4) is 0 Å². The molecule has 0 radical (unpaired) electrons. The number of hydrogen-bond acceptors (Lipinski definition) is 3. The highest BCUT2D eigenvalue weighted by Crippen LogP contribution is 2.21. The van der Waals surface area contributed by atoms with Crippen molar-refractivity contribution >= 4 is 11.6 Å². The smallest absolute Gasteiger partial charge is 0.275 e. The number of rotatable bonds is 8. The second kappa shape index (κ2) is 9.62. The first-order chi connectivity index (χ1) is 12.1. The van der Waals surface area contributed by atoms with Crippen molar-refractivity contribution in [3.8, 4) is 5.75 Å². The molecule has 0 aliphatic heterocycles. The van der Waals surface area contributed by atoms with Gasteiger partial charge in [-0.05, 0) is 37.0 Å². The van der Waals surface area contributed by atoms with E-state index < -0.39 is 5.91 Å². The molecule has 4 heteroatoms. The Morgan fingerprint density at radius 2 is 1.80 bits per heavy atom. The number of nitrogens with zero attached hydrogens (tertiary/aromatic N) is 1. The van der Waals surface area contributed by atoms with Crippen LogP contribution in [-0.2, 0) is 0 Å². The van der Waals surface area contributed by atoms with E-state index in [2.05, 4.69) is 17.5 Å². The number of amides is 1. The number of hydrazone groups is 1. The lowest BCUT2D eigenvalue weighted by Gasteiger charge is -2.09. The lowest BCUT2D eigenvalue weighted by molar-refractivity contribution is 0.0952. The minimum atomic E-state index is -0.400. The molecular formula is C21H26N2O2. The maximum atomic E-state index is 12.4. The number of nitrogens with one attached hydrogen (secondary N) is 1. The molecule has 0 aliphatic carbocycles. The van der Waals surface area contributed by atoms with E-state index in [4.69, 9.17) is 0 Å². The zero-order valence-corrected chi connectivity index (χ0v) is 15.0. The molecule has 132 valence electrons. The van der Waals surface area contributed by atoms with Crippen molar-refractivity contribution in [3.63, 3.8) is 0 Å². The van der Waals surface area contributed by atoms with E-state index in [1.807, 2.05) is 30.3 Å². The van der Waals surface area contributed by atoms with Gasteiger partial charge >= 0.3 is 0 Å². The van der Waals surface area contributed by atoms with Crippen LogP contribution >= 0.6 is 0 Å². The fourth-order valence-corrected chi connectivity index (χ4v) is 2.64. The van der Waals surface area contributed by atoms with Gasteiger partial charge in [0.05, 0.1) is 11.3 Å². The van der Waals surface area contributed by atoms with Gasteiger partial charge in [-0.25, -0.2) is 5.43 Å². The molecule has 0 bridgehead atoms. The van der Waals surface area contributed by atoms with Gasteiger partial charge in [0.15, 0.2) is 0 Å². The Labute approximate surface area is 149 Å². The molecule has 4 nitrogen and oxygen atoms in total. The number of carbonyl (C=O) groups excluding carboxylic acids is 1. The summed E-state index contributed by atoms with van der Waals surface area (Å²) in [7, 11) is 0. The fourth-order valence-electron chi connectivity index (χ4n) is 2.64. The first-order valence-corrected chi connectivity index (χ1v) is 8.84. The van der Waals surface area contributed by atoms with Crippen LogP contribution in [0.15, 0.2) is 53.6 Å². The highest BCUT2D eigenvalue weighted by atomic mass is 16.3. The van der Waals surface area contributed by atoms with Crippen LogP contribution in [0, 0.1) is 6.92 Å². The zero-order valence-electron chi connectivity index (χ0n) is 15.0. The molecule has 1 amide bonds. The average Bonchev–Trinajstić information content (AvgIpc) is 2.64. The lowest BCUT2D eigenvalue weighted by Crippen LogP contribution is -2.20. The molecule has 0 aromatic heterocycles. The van der Waals surface area contributed by atoms with Gasteiger partial charge in [0.2, 0.25) is 0 Å². The quantitative estimate of drug-likeness (QED) is 0.412. The number of aryl methyl sites for hydroxylation is 1. The van der Waals surface area contributed by atoms with Crippen molar-refractivity contribution in [1.82, 2.24) is 5.43 Å². The highest BCUT2D eigenvalue weighted by molar-refractivity contribution is 6.02. The van der Waals surface area contributed by atoms with Gasteiger partial charge in [0.1, 0.15) is 5.75 Å². The third-order valence-electron chi connectivity index (χ3n) is 4.15. The molecule has 0 aliphatic rings. The summed E-state index contributed by atoms with van der Waals surface area (Å²) in [5, 5.41) is 14.4. The minimum Gasteiger partial charge on any atom is -0.507 e. The minimum absolute atomic E-state index is 0.000549. The molecule has 0 fully saturated rings. The summed E-state index contributed by atoms with van der Waals surface area (Å²) in [4.78, 5) is 12.4. The van der Waals surface area contributed by atoms with Crippen LogP contribution in [0.1, 0.15) is 60.5 Å². The lowest BCUT2D eigenvalue weighted by atomic mass is 10.0. The Hall–Kier alpha value is -2.62. The van der Waals surface area contributed by atoms with Crippen LogP contribution in [0.5, 0.6) is 5.75 Å². The Morgan fingerprint density at radius 3 is 2.52 bits per heavy atom. The van der Waals surface area contributed by atoms with E-state index in [1.165, 1.54) is 12.8 Å². The maximum absolute atomic E-state index is 12.4. The third kappa shape index (κ3) is 5.45. The normalized spacial score (nSPS) is 11.4. The van der Waals surface area contributed by atoms with Crippen LogP contribution in [0.25, 0.3) is 0 Å². The number of aromatic hydroxyl groups is 1. The van der Waals surface area contributed by atoms with E-state index in [-0.39, 0.29) is 11.3 Å². The Balaban J connectivity index is 2.13. The van der Waals surface area contributed by atoms with E-state index in [1.54, 1.807) is 25.1 Å². The van der Waals surface area contributed by atoms with Crippen molar-refractivity contribution in [2.75, 3.05) is 0 Å². The molecular weight excluding hydrogens is 312 g/mol. The first-order valence-electron chi connectivity index (χ1n) is 8.84. The monoisotopic (exact) mass is 338 g/mol. The van der Waals surface area contributed by atoms with Gasteiger partial charge in [0, 0.05) is 0 Å². The van der Waals surface area contributed by atoms with E-state index >= 15 is 0 Å². The number of hydrogen-bond donors (Lipinski definition) is 2. The molecule has 0 spiro atoms. The van der Waals surface area contributed by atoms with Gasteiger partial charge in [-0.3, -0.25) is 4.79 Å². The second-order valence-electron chi connectivity index (χ2n) is 6.15. The second-order valence-corrected chi connectivity index (χ2v) is 6.15. The SMILES string of the molecule is CCCCCCC(=NNC(=O)c1cccc(C)c1O)c1ccccc1. The van der Waals surface area contributed by atoms with Crippen molar-refractivity contribution in [2.45, 2.75) is 46.0 Å². The van der Waals surface area contributed by atoms with E-state index in [0.29, 0.717) is 5.56 Å². The Bertz CT molecular complexity index is 724. The molecule has 0 saturated carbocycles. The van der Waals surface area contributed by atoms with Gasteiger partial charge < -0.3 is 5.11 Å². The van der Waals surface area contributed by atoms with E-state index in [0.717, 1.165) is 30.5 Å². The maximum Gasteiger partial charge on any atom is 0.275 e. The molecule has 0 saturated heterocycles. The summed E-state index contributed by atoms with van der Waals surface area (Å²) in [6.07, 6.45) is 5.37. The molecule has 2 aromatic carbocycles. The number of phenols is 1. The van der Waals surface area contributed by atoms with Gasteiger partial charge in [-0.1, -0.05) is 68.7 Å². The van der Waals surface area contributed by atoms with Crippen molar-refractivity contribution in [2.24, 2.45) is 5.10 Å². The van der Waals surface area contributed by atoms with Crippen molar-refractivity contribution < 1.29 is 9.90 Å². The summed E-state index contributed by atoms with van der Waals surface area (Å²) in [6, 6.07) is 15.0. The number of carbonyl (C=O) groups is 1. The Morgan fingerprint density at radius 1 is 1.04 bits per heavy atom.